The van der Waals surface area contributed by atoms with Gasteiger partial charge in [-0.3, -0.25) is 0 Å². The van der Waals surface area contributed by atoms with Gasteiger partial charge in [0.05, 0.1) is 6.61 Å². The Balaban J connectivity index is 1.85. The standard InChI is InChI=1S/C14H22N2O/c1-16(2)8-7-15-11-12-5-6-14-13(10-12)4-3-9-17-14/h5-6,10,15H,3-4,7-9,11H2,1-2H3. The fourth-order valence-electron chi connectivity index (χ4n) is 2.06. The number of nitrogens with zero attached hydrogens (tertiary/aromatic N) is 1. The molecule has 1 heterocycles. The van der Waals surface area contributed by atoms with Crippen molar-refractivity contribution in [2.45, 2.75) is 19.4 Å². The molecule has 1 aromatic rings. The molecule has 2 rings (SSSR count). The maximum Gasteiger partial charge on any atom is 0.122 e. The summed E-state index contributed by atoms with van der Waals surface area (Å²) in [6, 6.07) is 6.54. The molecular weight excluding hydrogens is 212 g/mol. The van der Waals surface area contributed by atoms with E-state index in [4.69, 9.17) is 4.74 Å². The summed E-state index contributed by atoms with van der Waals surface area (Å²) in [6.07, 6.45) is 2.30. The first-order chi connectivity index (χ1) is 8.25. The van der Waals surface area contributed by atoms with Gasteiger partial charge in [-0.15, -0.1) is 0 Å². The third-order valence-corrected chi connectivity index (χ3v) is 3.04. The molecule has 3 nitrogen and oxygen atoms in total. The maximum atomic E-state index is 5.61. The van der Waals surface area contributed by atoms with Gasteiger partial charge < -0.3 is 15.0 Å². The monoisotopic (exact) mass is 234 g/mol. The molecule has 0 saturated carbocycles. The van der Waals surface area contributed by atoms with Crippen LogP contribution in [0.5, 0.6) is 5.75 Å². The molecule has 0 atom stereocenters. The molecule has 1 N–H and O–H groups in total. The van der Waals surface area contributed by atoms with Crippen molar-refractivity contribution >= 4 is 0 Å². The molecule has 0 saturated heterocycles. The maximum absolute atomic E-state index is 5.61. The zero-order valence-electron chi connectivity index (χ0n) is 10.8. The summed E-state index contributed by atoms with van der Waals surface area (Å²) in [7, 11) is 4.19. The molecular formula is C14H22N2O. The Morgan fingerprint density at radius 3 is 3.06 bits per heavy atom. The lowest BCUT2D eigenvalue weighted by Crippen LogP contribution is -2.26. The van der Waals surface area contributed by atoms with Crippen molar-refractivity contribution in [3.8, 4) is 5.75 Å². The number of rotatable bonds is 5. The van der Waals surface area contributed by atoms with Crippen LogP contribution in [0, 0.1) is 0 Å². The molecule has 94 valence electrons. The third-order valence-electron chi connectivity index (χ3n) is 3.04. The average Bonchev–Trinajstić information content (AvgIpc) is 2.34. The van der Waals surface area contributed by atoms with Gasteiger partial charge in [-0.1, -0.05) is 12.1 Å². The van der Waals surface area contributed by atoms with Crippen LogP contribution in [0.3, 0.4) is 0 Å². The van der Waals surface area contributed by atoms with Crippen LogP contribution < -0.4 is 10.1 Å². The van der Waals surface area contributed by atoms with Crippen molar-refractivity contribution in [1.29, 1.82) is 0 Å². The molecule has 0 radical (unpaired) electrons. The fourth-order valence-corrected chi connectivity index (χ4v) is 2.06. The van der Waals surface area contributed by atoms with E-state index >= 15 is 0 Å². The number of hydrogen-bond acceptors (Lipinski definition) is 3. The summed E-state index contributed by atoms with van der Waals surface area (Å²) in [5, 5.41) is 3.46. The highest BCUT2D eigenvalue weighted by Crippen LogP contribution is 2.25. The van der Waals surface area contributed by atoms with Gasteiger partial charge in [0.15, 0.2) is 0 Å². The topological polar surface area (TPSA) is 24.5 Å². The minimum Gasteiger partial charge on any atom is -0.493 e. The zero-order chi connectivity index (χ0) is 12.1. The zero-order valence-corrected chi connectivity index (χ0v) is 10.8. The SMILES string of the molecule is CN(C)CCNCc1ccc2c(c1)CCCO2. The Kier molecular flexibility index (Phi) is 4.40. The number of fused-ring (bicyclic) bond motifs is 1. The van der Waals surface area contributed by atoms with Crippen LogP contribution in [0.2, 0.25) is 0 Å². The van der Waals surface area contributed by atoms with Gasteiger partial charge in [-0.05, 0) is 44.1 Å². The Morgan fingerprint density at radius 1 is 1.35 bits per heavy atom. The number of ether oxygens (including phenoxy) is 1. The Labute approximate surface area is 104 Å². The smallest absolute Gasteiger partial charge is 0.122 e. The molecule has 0 amide bonds. The van der Waals surface area contributed by atoms with E-state index in [0.717, 1.165) is 44.8 Å². The van der Waals surface area contributed by atoms with Crippen molar-refractivity contribution in [3.63, 3.8) is 0 Å². The van der Waals surface area contributed by atoms with Gasteiger partial charge in [-0.2, -0.15) is 0 Å². The molecule has 1 aliphatic heterocycles. The number of nitrogens with one attached hydrogen (secondary N) is 1. The molecule has 0 bridgehead atoms. The Morgan fingerprint density at radius 2 is 2.24 bits per heavy atom. The highest BCUT2D eigenvalue weighted by Gasteiger charge is 2.09. The van der Waals surface area contributed by atoms with Crippen LogP contribution in [0.1, 0.15) is 17.5 Å². The molecule has 0 aromatic heterocycles. The summed E-state index contributed by atoms with van der Waals surface area (Å²) >= 11 is 0. The number of benzene rings is 1. The van der Waals surface area contributed by atoms with Crippen molar-refractivity contribution in [2.75, 3.05) is 33.8 Å². The highest BCUT2D eigenvalue weighted by molar-refractivity contribution is 5.38. The fraction of sp³-hybridized carbons (Fsp3) is 0.571. The lowest BCUT2D eigenvalue weighted by molar-refractivity contribution is 0.288. The van der Waals surface area contributed by atoms with Crippen molar-refractivity contribution in [2.24, 2.45) is 0 Å². The molecule has 3 heteroatoms. The molecule has 0 spiro atoms. The molecule has 0 aliphatic carbocycles. The predicted molar refractivity (Wildman–Crippen MR) is 70.5 cm³/mol. The molecule has 1 aromatic carbocycles. The van der Waals surface area contributed by atoms with Crippen LogP contribution >= 0.6 is 0 Å². The highest BCUT2D eigenvalue weighted by atomic mass is 16.5. The summed E-state index contributed by atoms with van der Waals surface area (Å²) in [5.41, 5.74) is 2.72. The van der Waals surface area contributed by atoms with E-state index in [-0.39, 0.29) is 0 Å². The van der Waals surface area contributed by atoms with Gasteiger partial charge >= 0.3 is 0 Å². The summed E-state index contributed by atoms with van der Waals surface area (Å²) in [5.74, 6) is 1.08. The first-order valence-corrected chi connectivity index (χ1v) is 6.36. The van der Waals surface area contributed by atoms with Gasteiger partial charge in [0.1, 0.15) is 5.75 Å². The number of hydrogen-bond donors (Lipinski definition) is 1. The van der Waals surface area contributed by atoms with E-state index in [0.29, 0.717) is 0 Å². The van der Waals surface area contributed by atoms with Crippen LogP contribution in [0.4, 0.5) is 0 Å². The summed E-state index contributed by atoms with van der Waals surface area (Å²) in [6.45, 7) is 3.92. The summed E-state index contributed by atoms with van der Waals surface area (Å²) < 4.78 is 5.61. The van der Waals surface area contributed by atoms with E-state index < -0.39 is 0 Å². The lowest BCUT2D eigenvalue weighted by Gasteiger charge is -2.18. The second-order valence-electron chi connectivity index (χ2n) is 4.87. The Hall–Kier alpha value is -1.06. The first-order valence-electron chi connectivity index (χ1n) is 6.36. The Bertz CT molecular complexity index is 363. The van der Waals surface area contributed by atoms with Crippen LogP contribution in [-0.4, -0.2) is 38.7 Å². The number of aryl methyl sites for hydroxylation is 1. The van der Waals surface area contributed by atoms with Crippen molar-refractivity contribution in [3.05, 3.63) is 29.3 Å². The average molecular weight is 234 g/mol. The van der Waals surface area contributed by atoms with Crippen LogP contribution in [0.15, 0.2) is 18.2 Å². The van der Waals surface area contributed by atoms with E-state index in [9.17, 15) is 0 Å². The largest absolute Gasteiger partial charge is 0.493 e. The van der Waals surface area contributed by atoms with Crippen LogP contribution in [-0.2, 0) is 13.0 Å². The minimum absolute atomic E-state index is 0.868. The quantitative estimate of drug-likeness (QED) is 0.784. The van der Waals surface area contributed by atoms with E-state index in [1.54, 1.807) is 0 Å². The van der Waals surface area contributed by atoms with Crippen molar-refractivity contribution in [1.82, 2.24) is 10.2 Å². The molecule has 0 fully saturated rings. The van der Waals surface area contributed by atoms with E-state index in [2.05, 4.69) is 42.5 Å². The molecule has 0 unspecified atom stereocenters. The van der Waals surface area contributed by atoms with Gasteiger partial charge in [0.2, 0.25) is 0 Å². The molecule has 1 aliphatic rings. The lowest BCUT2D eigenvalue weighted by atomic mass is 10.0. The normalized spacial score (nSPS) is 14.5. The third kappa shape index (κ3) is 3.72. The van der Waals surface area contributed by atoms with Crippen molar-refractivity contribution < 1.29 is 4.74 Å². The van der Waals surface area contributed by atoms with E-state index in [1.165, 1.54) is 11.1 Å². The van der Waals surface area contributed by atoms with Gasteiger partial charge in [0, 0.05) is 19.6 Å². The summed E-state index contributed by atoms with van der Waals surface area (Å²) in [4.78, 5) is 2.19. The van der Waals surface area contributed by atoms with E-state index in [1.807, 2.05) is 0 Å². The van der Waals surface area contributed by atoms with Gasteiger partial charge in [0.25, 0.3) is 0 Å². The predicted octanol–water partition coefficient (Wildman–Crippen LogP) is 1.66. The first kappa shape index (κ1) is 12.4. The second kappa shape index (κ2) is 6.03. The van der Waals surface area contributed by atoms with Crippen LogP contribution in [0.25, 0.3) is 0 Å². The minimum atomic E-state index is 0.868. The second-order valence-corrected chi connectivity index (χ2v) is 4.87. The van der Waals surface area contributed by atoms with Gasteiger partial charge in [-0.25, -0.2) is 0 Å². The number of likely N-dealkylation sites (N-methyl/N-ethyl adjacent to an activating group) is 1. The molecule has 17 heavy (non-hydrogen) atoms.